The molecule has 1 aromatic heterocycles. The first-order valence-corrected chi connectivity index (χ1v) is 8.13. The minimum atomic E-state index is -0.993. The van der Waals surface area contributed by atoms with E-state index in [1.165, 1.54) is 19.2 Å². The fraction of sp³-hybridized carbons (Fsp3) is 0.333. The van der Waals surface area contributed by atoms with Crippen LogP contribution >= 0.6 is 0 Å². The molecule has 0 aliphatic rings. The van der Waals surface area contributed by atoms with Crippen molar-refractivity contribution in [3.63, 3.8) is 0 Å². The minimum Gasteiger partial charge on any atom is -0.481 e. The SMILES string of the molecule is COCCn1nc(C(=O)NCC(Cc2ccccc2)C(=O)O)ccc1=O. The molecule has 1 heterocycles. The van der Waals surface area contributed by atoms with Crippen molar-refractivity contribution in [2.24, 2.45) is 5.92 Å². The van der Waals surface area contributed by atoms with Crippen molar-refractivity contribution < 1.29 is 19.4 Å². The Morgan fingerprint density at radius 1 is 1.23 bits per heavy atom. The molecule has 0 spiro atoms. The summed E-state index contributed by atoms with van der Waals surface area (Å²) in [5, 5.41) is 15.9. The number of nitrogens with zero attached hydrogens (tertiary/aromatic N) is 2. The molecule has 1 atom stereocenters. The number of benzene rings is 1. The van der Waals surface area contributed by atoms with Crippen LogP contribution in [0.1, 0.15) is 16.1 Å². The maximum atomic E-state index is 12.2. The molecule has 1 amide bonds. The highest BCUT2D eigenvalue weighted by molar-refractivity contribution is 5.92. The second kappa shape index (κ2) is 9.47. The Labute approximate surface area is 150 Å². The van der Waals surface area contributed by atoms with Crippen LogP contribution in [-0.4, -0.2) is 47.0 Å². The summed E-state index contributed by atoms with van der Waals surface area (Å²) >= 11 is 0. The molecule has 8 nitrogen and oxygen atoms in total. The van der Waals surface area contributed by atoms with Crippen LogP contribution in [0.4, 0.5) is 0 Å². The summed E-state index contributed by atoms with van der Waals surface area (Å²) in [5.74, 6) is -2.29. The Hall–Kier alpha value is -3.00. The lowest BCUT2D eigenvalue weighted by atomic mass is 9.99. The standard InChI is InChI=1S/C18H21N3O5/c1-26-10-9-21-16(22)8-7-15(20-21)17(23)19-12-14(18(24)25)11-13-5-3-2-4-6-13/h2-8,14H,9-12H2,1H3,(H,19,23)(H,24,25). The van der Waals surface area contributed by atoms with Gasteiger partial charge in [-0.2, -0.15) is 5.10 Å². The lowest BCUT2D eigenvalue weighted by Crippen LogP contribution is -2.36. The smallest absolute Gasteiger partial charge is 0.308 e. The average molecular weight is 359 g/mol. The third-order valence-corrected chi connectivity index (χ3v) is 3.79. The quantitative estimate of drug-likeness (QED) is 0.677. The number of amides is 1. The first-order valence-electron chi connectivity index (χ1n) is 8.13. The van der Waals surface area contributed by atoms with E-state index in [0.717, 1.165) is 10.2 Å². The zero-order valence-electron chi connectivity index (χ0n) is 14.4. The molecule has 138 valence electrons. The number of hydrogen-bond acceptors (Lipinski definition) is 5. The van der Waals surface area contributed by atoms with Gasteiger partial charge in [-0.05, 0) is 18.1 Å². The highest BCUT2D eigenvalue weighted by Crippen LogP contribution is 2.08. The van der Waals surface area contributed by atoms with Gasteiger partial charge in [0.2, 0.25) is 0 Å². The van der Waals surface area contributed by atoms with Crippen LogP contribution in [-0.2, 0) is 22.5 Å². The van der Waals surface area contributed by atoms with Crippen molar-refractivity contribution in [3.8, 4) is 0 Å². The van der Waals surface area contributed by atoms with Crippen molar-refractivity contribution in [3.05, 3.63) is 64.1 Å². The van der Waals surface area contributed by atoms with E-state index >= 15 is 0 Å². The van der Waals surface area contributed by atoms with Gasteiger partial charge in [-0.15, -0.1) is 0 Å². The summed E-state index contributed by atoms with van der Waals surface area (Å²) in [6.45, 7) is 0.473. The number of hydrogen-bond donors (Lipinski definition) is 2. The second-order valence-corrected chi connectivity index (χ2v) is 5.71. The molecule has 2 rings (SSSR count). The van der Waals surface area contributed by atoms with Gasteiger partial charge >= 0.3 is 5.97 Å². The van der Waals surface area contributed by atoms with E-state index in [9.17, 15) is 19.5 Å². The van der Waals surface area contributed by atoms with Gasteiger partial charge in [-0.1, -0.05) is 30.3 Å². The van der Waals surface area contributed by atoms with Crippen LogP contribution in [0.2, 0.25) is 0 Å². The molecular formula is C18H21N3O5. The van der Waals surface area contributed by atoms with Crippen molar-refractivity contribution in [2.75, 3.05) is 20.3 Å². The Morgan fingerprint density at radius 3 is 2.62 bits per heavy atom. The van der Waals surface area contributed by atoms with Crippen molar-refractivity contribution in [1.82, 2.24) is 15.1 Å². The van der Waals surface area contributed by atoms with Crippen LogP contribution in [0.3, 0.4) is 0 Å². The molecule has 0 radical (unpaired) electrons. The number of aromatic nitrogens is 2. The van der Waals surface area contributed by atoms with Gasteiger partial charge in [0, 0.05) is 19.7 Å². The number of ether oxygens (including phenoxy) is 1. The number of carboxylic acid groups (broad SMARTS) is 1. The van der Waals surface area contributed by atoms with Crippen molar-refractivity contribution in [1.29, 1.82) is 0 Å². The first-order chi connectivity index (χ1) is 12.5. The summed E-state index contributed by atoms with van der Waals surface area (Å²) in [6.07, 6.45) is 0.303. The molecule has 0 fully saturated rings. The van der Waals surface area contributed by atoms with Crippen LogP contribution in [0.25, 0.3) is 0 Å². The fourth-order valence-corrected chi connectivity index (χ4v) is 2.36. The molecular weight excluding hydrogens is 338 g/mol. The zero-order valence-corrected chi connectivity index (χ0v) is 14.4. The molecule has 0 aliphatic heterocycles. The predicted octanol–water partition coefficient (Wildman–Crippen LogP) is 0.563. The number of nitrogens with one attached hydrogen (secondary N) is 1. The number of carboxylic acids is 1. The lowest BCUT2D eigenvalue weighted by molar-refractivity contribution is -0.141. The van der Waals surface area contributed by atoms with E-state index in [0.29, 0.717) is 6.42 Å². The Morgan fingerprint density at radius 2 is 1.96 bits per heavy atom. The molecule has 0 saturated heterocycles. The van der Waals surface area contributed by atoms with E-state index in [1.54, 1.807) is 0 Å². The maximum absolute atomic E-state index is 12.2. The molecule has 1 aromatic carbocycles. The number of methoxy groups -OCH3 is 1. The average Bonchev–Trinajstić information content (AvgIpc) is 2.64. The van der Waals surface area contributed by atoms with Gasteiger partial charge in [-0.3, -0.25) is 14.4 Å². The van der Waals surface area contributed by atoms with E-state index in [-0.39, 0.29) is 30.9 Å². The van der Waals surface area contributed by atoms with E-state index < -0.39 is 17.8 Å². The predicted molar refractivity (Wildman–Crippen MR) is 94.0 cm³/mol. The minimum absolute atomic E-state index is 0.0397. The number of carbonyl (C=O) groups excluding carboxylic acids is 1. The summed E-state index contributed by atoms with van der Waals surface area (Å²) in [6, 6.07) is 11.8. The number of carbonyl (C=O) groups is 2. The maximum Gasteiger partial charge on any atom is 0.308 e. The van der Waals surface area contributed by atoms with Crippen LogP contribution in [0, 0.1) is 5.92 Å². The summed E-state index contributed by atoms with van der Waals surface area (Å²) < 4.78 is 6.03. The molecule has 0 saturated carbocycles. The third kappa shape index (κ3) is 5.52. The van der Waals surface area contributed by atoms with E-state index in [2.05, 4.69) is 10.4 Å². The molecule has 26 heavy (non-hydrogen) atoms. The van der Waals surface area contributed by atoms with Gasteiger partial charge in [0.1, 0.15) is 5.69 Å². The summed E-state index contributed by atoms with van der Waals surface area (Å²) in [7, 11) is 1.50. The van der Waals surface area contributed by atoms with Gasteiger partial charge in [0.05, 0.1) is 19.1 Å². The first kappa shape index (κ1) is 19.3. The van der Waals surface area contributed by atoms with Gasteiger partial charge in [-0.25, -0.2) is 4.68 Å². The van der Waals surface area contributed by atoms with Gasteiger partial charge < -0.3 is 15.2 Å². The van der Waals surface area contributed by atoms with Crippen LogP contribution < -0.4 is 10.9 Å². The number of rotatable bonds is 9. The van der Waals surface area contributed by atoms with Crippen LogP contribution in [0.15, 0.2) is 47.3 Å². The second-order valence-electron chi connectivity index (χ2n) is 5.71. The van der Waals surface area contributed by atoms with Crippen molar-refractivity contribution in [2.45, 2.75) is 13.0 Å². The molecule has 0 aliphatic carbocycles. The highest BCUT2D eigenvalue weighted by atomic mass is 16.5. The van der Waals surface area contributed by atoms with Crippen molar-refractivity contribution >= 4 is 11.9 Å². The summed E-state index contributed by atoms with van der Waals surface area (Å²) in [4.78, 5) is 35.4. The van der Waals surface area contributed by atoms with Gasteiger partial charge in [0.15, 0.2) is 0 Å². The van der Waals surface area contributed by atoms with Gasteiger partial charge in [0.25, 0.3) is 11.5 Å². The Balaban J connectivity index is 2.01. The molecule has 1 unspecified atom stereocenters. The molecule has 2 N–H and O–H groups in total. The zero-order chi connectivity index (χ0) is 18.9. The molecule has 8 heteroatoms. The van der Waals surface area contributed by atoms with E-state index in [4.69, 9.17) is 4.74 Å². The third-order valence-electron chi connectivity index (χ3n) is 3.79. The normalized spacial score (nSPS) is 11.7. The number of aliphatic carboxylic acids is 1. The Kier molecular flexibility index (Phi) is 7.04. The summed E-state index contributed by atoms with van der Waals surface area (Å²) in [5.41, 5.74) is 0.580. The molecule has 2 aromatic rings. The van der Waals surface area contributed by atoms with Crippen LogP contribution in [0.5, 0.6) is 0 Å². The lowest BCUT2D eigenvalue weighted by Gasteiger charge is -2.13. The monoisotopic (exact) mass is 359 g/mol. The topological polar surface area (TPSA) is 111 Å². The largest absolute Gasteiger partial charge is 0.481 e. The Bertz CT molecular complexity index is 804. The van der Waals surface area contributed by atoms with E-state index in [1.807, 2.05) is 30.3 Å². The fourth-order valence-electron chi connectivity index (χ4n) is 2.36. The highest BCUT2D eigenvalue weighted by Gasteiger charge is 2.20. The molecule has 0 bridgehead atoms.